The van der Waals surface area contributed by atoms with E-state index in [1.165, 1.54) is 18.2 Å². The Morgan fingerprint density at radius 2 is 2.07 bits per heavy atom. The third-order valence-corrected chi connectivity index (χ3v) is 1.92. The molecule has 0 atom stereocenters. The minimum Gasteiger partial charge on any atom is -0.478 e. The van der Waals surface area contributed by atoms with E-state index < -0.39 is 11.9 Å². The van der Waals surface area contributed by atoms with Gasteiger partial charge in [0.15, 0.2) is 0 Å². The zero-order valence-electron chi connectivity index (χ0n) is 6.95. The van der Waals surface area contributed by atoms with Crippen LogP contribution in [0.5, 0.6) is 0 Å². The second-order valence-electron chi connectivity index (χ2n) is 2.44. The fourth-order valence-corrected chi connectivity index (χ4v) is 1.26. The van der Waals surface area contributed by atoms with Gasteiger partial charge in [0.1, 0.15) is 0 Å². The van der Waals surface area contributed by atoms with Crippen molar-refractivity contribution < 1.29 is 14.7 Å². The molecule has 0 bridgehead atoms. The molecule has 6 heteroatoms. The van der Waals surface area contributed by atoms with Gasteiger partial charge in [-0.3, -0.25) is 10.2 Å². The van der Waals surface area contributed by atoms with Gasteiger partial charge in [0.2, 0.25) is 0 Å². The predicted molar refractivity (Wildman–Crippen MR) is 50.1 cm³/mol. The van der Waals surface area contributed by atoms with E-state index in [1.54, 1.807) is 0 Å². The van der Waals surface area contributed by atoms with Crippen LogP contribution in [-0.4, -0.2) is 17.0 Å². The van der Waals surface area contributed by atoms with Gasteiger partial charge in [-0.15, -0.1) is 0 Å². The largest absolute Gasteiger partial charge is 0.478 e. The first-order valence-corrected chi connectivity index (χ1v) is 3.98. The third kappa shape index (κ3) is 1.84. The number of nitrogen functional groups attached to an aromatic ring is 1. The fraction of sp³-hybridized carbons (Fsp3) is 0. The maximum absolute atomic E-state index is 11.1. The van der Waals surface area contributed by atoms with Crippen LogP contribution in [0.2, 0.25) is 5.02 Å². The number of nitrogens with two attached hydrogens (primary N) is 1. The van der Waals surface area contributed by atoms with Crippen molar-refractivity contribution in [3.05, 3.63) is 34.3 Å². The van der Waals surface area contributed by atoms with E-state index >= 15 is 0 Å². The Kier molecular flexibility index (Phi) is 3.06. The molecule has 0 saturated heterocycles. The van der Waals surface area contributed by atoms with E-state index in [0.717, 1.165) is 0 Å². The topological polar surface area (TPSA) is 92.4 Å². The first-order valence-electron chi connectivity index (χ1n) is 3.60. The summed E-state index contributed by atoms with van der Waals surface area (Å²) < 4.78 is 0. The molecule has 14 heavy (non-hydrogen) atoms. The molecule has 5 nitrogen and oxygen atoms in total. The molecule has 0 radical (unpaired) electrons. The smallest absolute Gasteiger partial charge is 0.338 e. The van der Waals surface area contributed by atoms with Gasteiger partial charge >= 0.3 is 5.97 Å². The first kappa shape index (κ1) is 10.5. The number of halogens is 1. The Hall–Kier alpha value is -1.59. The van der Waals surface area contributed by atoms with Gasteiger partial charge in [-0.2, -0.15) is 0 Å². The van der Waals surface area contributed by atoms with E-state index in [1.807, 2.05) is 5.43 Å². The summed E-state index contributed by atoms with van der Waals surface area (Å²) in [6, 6.07) is 4.19. The summed E-state index contributed by atoms with van der Waals surface area (Å²) in [5.74, 6) is 2.93. The molecule has 1 rings (SSSR count). The van der Waals surface area contributed by atoms with Gasteiger partial charge in [0.05, 0.1) is 16.1 Å². The lowest BCUT2D eigenvalue weighted by Gasteiger charge is -2.05. The molecule has 1 aromatic carbocycles. The molecule has 1 aromatic rings. The molecule has 0 aromatic heterocycles. The highest BCUT2D eigenvalue weighted by Crippen LogP contribution is 2.19. The van der Waals surface area contributed by atoms with Crippen molar-refractivity contribution >= 4 is 23.5 Å². The van der Waals surface area contributed by atoms with Crippen LogP contribution < -0.4 is 11.3 Å². The van der Waals surface area contributed by atoms with E-state index in [0.29, 0.717) is 0 Å². The Balaban J connectivity index is 3.35. The normalized spacial score (nSPS) is 9.57. The molecule has 1 amide bonds. The van der Waals surface area contributed by atoms with Gasteiger partial charge in [-0.1, -0.05) is 17.7 Å². The number of carboxylic acid groups (broad SMARTS) is 1. The number of rotatable bonds is 2. The summed E-state index contributed by atoms with van der Waals surface area (Å²) in [5, 5.41) is 8.78. The Morgan fingerprint density at radius 3 is 2.57 bits per heavy atom. The van der Waals surface area contributed by atoms with Crippen LogP contribution >= 0.6 is 11.6 Å². The van der Waals surface area contributed by atoms with Gasteiger partial charge < -0.3 is 5.11 Å². The molecule has 0 unspecified atom stereocenters. The highest BCUT2D eigenvalue weighted by atomic mass is 35.5. The summed E-state index contributed by atoms with van der Waals surface area (Å²) >= 11 is 5.62. The predicted octanol–water partition coefficient (Wildman–Crippen LogP) is 0.642. The van der Waals surface area contributed by atoms with Gasteiger partial charge in [-0.25, -0.2) is 10.6 Å². The van der Waals surface area contributed by atoms with Crippen LogP contribution in [0.15, 0.2) is 18.2 Å². The van der Waals surface area contributed by atoms with Crippen molar-refractivity contribution in [2.75, 3.05) is 0 Å². The lowest BCUT2D eigenvalue weighted by atomic mass is 10.1. The Labute approximate surface area is 84.4 Å². The number of amides is 1. The maximum Gasteiger partial charge on any atom is 0.338 e. The minimum absolute atomic E-state index is 0.00130. The molecule has 4 N–H and O–H groups in total. The van der Waals surface area contributed by atoms with E-state index in [4.69, 9.17) is 22.6 Å². The fourth-order valence-electron chi connectivity index (χ4n) is 1.01. The number of hydrazine groups is 1. The van der Waals surface area contributed by atoms with Crippen molar-refractivity contribution in [1.29, 1.82) is 0 Å². The monoisotopic (exact) mass is 214 g/mol. The molecular weight excluding hydrogens is 208 g/mol. The summed E-state index contributed by atoms with van der Waals surface area (Å²) in [7, 11) is 0. The number of carbonyl (C=O) groups is 2. The van der Waals surface area contributed by atoms with Gasteiger partial charge in [0, 0.05) is 0 Å². The van der Waals surface area contributed by atoms with Crippen molar-refractivity contribution in [1.82, 2.24) is 5.43 Å². The van der Waals surface area contributed by atoms with Crippen molar-refractivity contribution in [2.45, 2.75) is 0 Å². The number of nitrogens with one attached hydrogen (secondary N) is 1. The second-order valence-corrected chi connectivity index (χ2v) is 2.85. The van der Waals surface area contributed by atoms with Crippen LogP contribution in [-0.2, 0) is 0 Å². The van der Waals surface area contributed by atoms with Crippen LogP contribution in [0.4, 0.5) is 0 Å². The molecule has 0 fully saturated rings. The molecule has 0 aliphatic rings. The standard InChI is InChI=1S/C8H7ClN2O3/c9-5-3-1-2-4(7(12)11-10)6(5)8(13)14/h1-3H,10H2,(H,11,12)(H,13,14). The summed E-state index contributed by atoms with van der Waals surface area (Å²) in [6.45, 7) is 0. The number of benzene rings is 1. The molecule has 74 valence electrons. The molecule has 0 aliphatic heterocycles. The number of carboxylic acids is 1. The maximum atomic E-state index is 11.1. The average Bonchev–Trinajstić information content (AvgIpc) is 2.15. The first-order chi connectivity index (χ1) is 6.57. The SMILES string of the molecule is NNC(=O)c1cccc(Cl)c1C(=O)O. The van der Waals surface area contributed by atoms with Crippen molar-refractivity contribution in [3.63, 3.8) is 0 Å². The highest BCUT2D eigenvalue weighted by Gasteiger charge is 2.18. The lowest BCUT2D eigenvalue weighted by molar-refractivity contribution is 0.0691. The summed E-state index contributed by atoms with van der Waals surface area (Å²) in [5.41, 5.74) is 1.53. The third-order valence-electron chi connectivity index (χ3n) is 1.60. The number of aromatic carboxylic acids is 1. The van der Waals surface area contributed by atoms with Crippen LogP contribution in [0.25, 0.3) is 0 Å². The Morgan fingerprint density at radius 1 is 1.43 bits per heavy atom. The van der Waals surface area contributed by atoms with Crippen LogP contribution in [0, 0.1) is 0 Å². The number of hydrogen-bond donors (Lipinski definition) is 3. The Bertz CT molecular complexity index is 392. The lowest BCUT2D eigenvalue weighted by Crippen LogP contribution is -2.31. The molecule has 0 heterocycles. The summed E-state index contributed by atoms with van der Waals surface area (Å²) in [4.78, 5) is 21.9. The van der Waals surface area contributed by atoms with E-state index in [2.05, 4.69) is 0 Å². The van der Waals surface area contributed by atoms with E-state index in [-0.39, 0.29) is 16.1 Å². The van der Waals surface area contributed by atoms with Crippen molar-refractivity contribution in [3.8, 4) is 0 Å². The average molecular weight is 215 g/mol. The van der Waals surface area contributed by atoms with Crippen molar-refractivity contribution in [2.24, 2.45) is 5.84 Å². The molecule has 0 saturated carbocycles. The molecular formula is C8H7ClN2O3. The molecule has 0 spiro atoms. The van der Waals surface area contributed by atoms with Crippen LogP contribution in [0.3, 0.4) is 0 Å². The second kappa shape index (κ2) is 4.08. The highest BCUT2D eigenvalue weighted by molar-refractivity contribution is 6.34. The van der Waals surface area contributed by atoms with Crippen LogP contribution in [0.1, 0.15) is 20.7 Å². The zero-order chi connectivity index (χ0) is 10.7. The summed E-state index contributed by atoms with van der Waals surface area (Å²) in [6.07, 6.45) is 0. The van der Waals surface area contributed by atoms with E-state index in [9.17, 15) is 9.59 Å². The zero-order valence-corrected chi connectivity index (χ0v) is 7.71. The number of hydrogen-bond acceptors (Lipinski definition) is 3. The van der Waals surface area contributed by atoms with Gasteiger partial charge in [-0.05, 0) is 12.1 Å². The van der Waals surface area contributed by atoms with Gasteiger partial charge in [0.25, 0.3) is 5.91 Å². The molecule has 0 aliphatic carbocycles. The minimum atomic E-state index is -1.27. The number of carbonyl (C=O) groups excluding carboxylic acids is 1. The quantitative estimate of drug-likeness (QED) is 0.383.